The Kier molecular flexibility index (Phi) is 4.67. The topological polar surface area (TPSA) is 81.8 Å². The number of hydrogen-bond acceptors (Lipinski definition) is 5. The van der Waals surface area contributed by atoms with Crippen molar-refractivity contribution in [3.05, 3.63) is 81.9 Å². The normalized spacial score (nSPS) is 20.7. The van der Waals surface area contributed by atoms with Crippen molar-refractivity contribution < 1.29 is 14.5 Å². The first-order valence-electron chi connectivity index (χ1n) is 8.20. The Morgan fingerprint density at radius 2 is 1.81 bits per heavy atom. The number of non-ortho nitro benzene ring substituents is 1. The first-order chi connectivity index (χ1) is 12.4. The van der Waals surface area contributed by atoms with E-state index in [1.54, 1.807) is 19.1 Å². The van der Waals surface area contributed by atoms with Gasteiger partial charge in [0.25, 0.3) is 5.69 Å². The Morgan fingerprint density at radius 1 is 1.15 bits per heavy atom. The summed E-state index contributed by atoms with van der Waals surface area (Å²) in [6.07, 6.45) is 3.68. The third-order valence-electron chi connectivity index (χ3n) is 4.53. The molecule has 0 bridgehead atoms. The molecule has 1 aliphatic rings. The summed E-state index contributed by atoms with van der Waals surface area (Å²) in [4.78, 5) is 27.2. The molecule has 0 radical (unpaired) electrons. The Labute approximate surface area is 151 Å². The fourth-order valence-corrected chi connectivity index (χ4v) is 2.61. The lowest BCUT2D eigenvalue weighted by Gasteiger charge is -2.21. The highest BCUT2D eigenvalue weighted by molar-refractivity contribution is 6.08. The van der Waals surface area contributed by atoms with Crippen molar-refractivity contribution >= 4 is 23.6 Å². The van der Waals surface area contributed by atoms with Crippen LogP contribution in [0, 0.1) is 16.0 Å². The second-order valence-corrected chi connectivity index (χ2v) is 6.32. The number of aliphatic imine (C=N–C) groups is 1. The molecule has 0 spiro atoms. The lowest BCUT2D eigenvalue weighted by atomic mass is 9.87. The second-order valence-electron chi connectivity index (χ2n) is 6.32. The molecule has 1 aliphatic heterocycles. The summed E-state index contributed by atoms with van der Waals surface area (Å²) in [5.74, 6) is -0.280. The zero-order chi connectivity index (χ0) is 18.7. The zero-order valence-electron chi connectivity index (χ0n) is 14.5. The minimum Gasteiger partial charge on any atom is -0.405 e. The number of esters is 1. The van der Waals surface area contributed by atoms with E-state index in [0.717, 1.165) is 11.1 Å². The molecule has 2 aromatic rings. The van der Waals surface area contributed by atoms with Crippen LogP contribution in [0.15, 0.2) is 65.7 Å². The maximum Gasteiger partial charge on any atom is 0.341 e. The number of cyclic esters (lactones) is 1. The van der Waals surface area contributed by atoms with Crippen LogP contribution in [0.1, 0.15) is 25.0 Å². The average molecular weight is 350 g/mol. The molecular weight excluding hydrogens is 332 g/mol. The van der Waals surface area contributed by atoms with Gasteiger partial charge in [-0.3, -0.25) is 10.1 Å². The number of nitro groups is 1. The third kappa shape index (κ3) is 3.39. The van der Waals surface area contributed by atoms with Gasteiger partial charge in [0.2, 0.25) is 5.90 Å². The molecule has 0 saturated carbocycles. The van der Waals surface area contributed by atoms with Crippen molar-refractivity contribution in [1.82, 2.24) is 0 Å². The van der Waals surface area contributed by atoms with Crippen molar-refractivity contribution in [3.63, 3.8) is 0 Å². The largest absolute Gasteiger partial charge is 0.405 e. The van der Waals surface area contributed by atoms with Crippen LogP contribution in [0.5, 0.6) is 0 Å². The lowest BCUT2D eigenvalue weighted by molar-refractivity contribution is -0.384. The van der Waals surface area contributed by atoms with E-state index in [-0.39, 0.29) is 11.6 Å². The van der Waals surface area contributed by atoms with Crippen molar-refractivity contribution in [1.29, 1.82) is 0 Å². The van der Waals surface area contributed by atoms with E-state index >= 15 is 0 Å². The van der Waals surface area contributed by atoms with E-state index in [4.69, 9.17) is 4.74 Å². The molecule has 0 amide bonds. The van der Waals surface area contributed by atoms with Crippen LogP contribution in [-0.2, 0) is 9.53 Å². The summed E-state index contributed by atoms with van der Waals surface area (Å²) >= 11 is 0. The molecular formula is C20H18N2O4. The van der Waals surface area contributed by atoms with Crippen LogP contribution < -0.4 is 0 Å². The van der Waals surface area contributed by atoms with Gasteiger partial charge in [-0.15, -0.1) is 0 Å². The predicted octanol–water partition coefficient (Wildman–Crippen LogP) is 4.01. The molecule has 0 aliphatic carbocycles. The Bertz CT molecular complexity index is 888. The van der Waals surface area contributed by atoms with Gasteiger partial charge in [0, 0.05) is 23.6 Å². The van der Waals surface area contributed by atoms with Crippen LogP contribution in [0.3, 0.4) is 0 Å². The summed E-state index contributed by atoms with van der Waals surface area (Å²) in [5.41, 5.74) is 0.599. The number of carbonyl (C=O) groups is 1. The van der Waals surface area contributed by atoms with Crippen LogP contribution in [0.25, 0.3) is 6.08 Å². The van der Waals surface area contributed by atoms with Gasteiger partial charge in [0.15, 0.2) is 5.54 Å². The van der Waals surface area contributed by atoms with Crippen LogP contribution in [0.4, 0.5) is 5.69 Å². The highest BCUT2D eigenvalue weighted by Crippen LogP contribution is 2.31. The van der Waals surface area contributed by atoms with Crippen LogP contribution >= 0.6 is 0 Å². The van der Waals surface area contributed by atoms with Gasteiger partial charge in [0.1, 0.15) is 0 Å². The maximum absolute atomic E-state index is 12.4. The summed E-state index contributed by atoms with van der Waals surface area (Å²) in [5, 5.41) is 10.7. The first kappa shape index (κ1) is 17.5. The molecule has 1 heterocycles. The van der Waals surface area contributed by atoms with Crippen LogP contribution in [-0.4, -0.2) is 22.3 Å². The number of carbonyl (C=O) groups excluding carboxylic acids is 1. The van der Waals surface area contributed by atoms with E-state index in [1.165, 1.54) is 12.1 Å². The van der Waals surface area contributed by atoms with Crippen molar-refractivity contribution in [3.8, 4) is 0 Å². The lowest BCUT2D eigenvalue weighted by Crippen LogP contribution is -2.36. The third-order valence-corrected chi connectivity index (χ3v) is 4.53. The van der Waals surface area contributed by atoms with Crippen molar-refractivity contribution in [2.24, 2.45) is 10.9 Å². The van der Waals surface area contributed by atoms with E-state index in [2.05, 4.69) is 4.99 Å². The Morgan fingerprint density at radius 3 is 2.42 bits per heavy atom. The molecule has 2 atom stereocenters. The molecule has 132 valence electrons. The van der Waals surface area contributed by atoms with Gasteiger partial charge in [-0.1, -0.05) is 37.3 Å². The number of nitro benzene ring substituents is 1. The average Bonchev–Trinajstić information content (AvgIpc) is 2.97. The van der Waals surface area contributed by atoms with Crippen molar-refractivity contribution in [2.75, 3.05) is 0 Å². The highest BCUT2D eigenvalue weighted by atomic mass is 16.6. The molecule has 3 rings (SSSR count). The Hall–Kier alpha value is -3.28. The SMILES string of the molecule is C[C@@H](/C=C/c1ccc([N+](=O)[O-])cc1)[C@@]1(C)N=C(c2ccccc2)OC1=O. The quantitative estimate of drug-likeness (QED) is 0.463. The van der Waals surface area contributed by atoms with Gasteiger partial charge >= 0.3 is 5.97 Å². The monoisotopic (exact) mass is 350 g/mol. The molecule has 0 aromatic heterocycles. The smallest absolute Gasteiger partial charge is 0.341 e. The predicted molar refractivity (Wildman–Crippen MR) is 98.8 cm³/mol. The number of ether oxygens (including phenoxy) is 1. The fraction of sp³-hybridized carbons (Fsp3) is 0.200. The molecule has 6 nitrogen and oxygen atoms in total. The van der Waals surface area contributed by atoms with E-state index in [1.807, 2.05) is 49.4 Å². The van der Waals surface area contributed by atoms with E-state index in [9.17, 15) is 14.9 Å². The van der Waals surface area contributed by atoms with E-state index in [0.29, 0.717) is 5.90 Å². The Balaban J connectivity index is 1.79. The molecule has 26 heavy (non-hydrogen) atoms. The number of nitrogens with zero attached hydrogens (tertiary/aromatic N) is 2. The van der Waals surface area contributed by atoms with Gasteiger partial charge in [-0.25, -0.2) is 9.79 Å². The summed E-state index contributed by atoms with van der Waals surface area (Å²) < 4.78 is 5.38. The molecule has 0 fully saturated rings. The molecule has 0 N–H and O–H groups in total. The summed E-state index contributed by atoms with van der Waals surface area (Å²) in [6, 6.07) is 15.5. The minimum atomic E-state index is -1.01. The van der Waals surface area contributed by atoms with Crippen molar-refractivity contribution in [2.45, 2.75) is 19.4 Å². The number of hydrogen-bond donors (Lipinski definition) is 0. The van der Waals surface area contributed by atoms with Crippen LogP contribution in [0.2, 0.25) is 0 Å². The van der Waals surface area contributed by atoms with Gasteiger partial charge in [0.05, 0.1) is 4.92 Å². The maximum atomic E-state index is 12.4. The number of rotatable bonds is 5. The fourth-order valence-electron chi connectivity index (χ4n) is 2.61. The van der Waals surface area contributed by atoms with Gasteiger partial charge < -0.3 is 4.74 Å². The summed E-state index contributed by atoms with van der Waals surface area (Å²) in [7, 11) is 0. The number of benzene rings is 2. The standard InChI is InChI=1S/C20H18N2O4/c1-14(8-9-15-10-12-17(13-11-15)22(24)25)20(2)19(23)26-18(21-20)16-6-4-3-5-7-16/h3-14H,1-2H3/b9-8+/t14-,20+/m0/s1. The summed E-state index contributed by atoms with van der Waals surface area (Å²) in [6.45, 7) is 3.64. The first-order valence-corrected chi connectivity index (χ1v) is 8.20. The van der Waals surface area contributed by atoms with Gasteiger partial charge in [-0.2, -0.15) is 0 Å². The zero-order valence-corrected chi connectivity index (χ0v) is 14.5. The minimum absolute atomic E-state index is 0.0404. The highest BCUT2D eigenvalue weighted by Gasteiger charge is 2.45. The molecule has 0 unspecified atom stereocenters. The molecule has 6 heteroatoms. The van der Waals surface area contributed by atoms with E-state index < -0.39 is 16.4 Å². The molecule has 0 saturated heterocycles. The molecule has 2 aromatic carbocycles. The second kappa shape index (κ2) is 6.92. The van der Waals surface area contributed by atoms with Gasteiger partial charge in [-0.05, 0) is 36.8 Å².